The molecule has 1 fully saturated rings. The number of nitrogens with two attached hydrogens (primary N) is 2. The molecule has 1 aromatic heterocycles. The van der Waals surface area contributed by atoms with Gasteiger partial charge in [0.15, 0.2) is 0 Å². The van der Waals surface area contributed by atoms with Crippen molar-refractivity contribution >= 4 is 23.2 Å². The molecule has 1 aliphatic carbocycles. The van der Waals surface area contributed by atoms with Gasteiger partial charge in [-0.05, 0) is 30.9 Å². The zero-order chi connectivity index (χ0) is 18.0. The first-order valence-electron chi connectivity index (χ1n) is 8.43. The van der Waals surface area contributed by atoms with Gasteiger partial charge in [0, 0.05) is 17.1 Å². The summed E-state index contributed by atoms with van der Waals surface area (Å²) in [6, 6.07) is 6.90. The van der Waals surface area contributed by atoms with E-state index in [4.69, 9.17) is 23.1 Å². The van der Waals surface area contributed by atoms with Crippen LogP contribution in [0.1, 0.15) is 42.5 Å². The summed E-state index contributed by atoms with van der Waals surface area (Å²) in [5.74, 6) is -0.383. The number of hydrogen-bond donors (Lipinski definition) is 2. The molecule has 0 spiro atoms. The van der Waals surface area contributed by atoms with Crippen LogP contribution in [-0.4, -0.2) is 15.7 Å². The van der Waals surface area contributed by atoms with Crippen molar-refractivity contribution in [3.8, 4) is 11.3 Å². The summed E-state index contributed by atoms with van der Waals surface area (Å²) >= 11 is 6.05. The van der Waals surface area contributed by atoms with Gasteiger partial charge < -0.3 is 11.5 Å². The molecule has 1 aromatic carbocycles. The van der Waals surface area contributed by atoms with Crippen LogP contribution < -0.4 is 17.0 Å². The van der Waals surface area contributed by atoms with E-state index in [0.717, 1.165) is 25.7 Å². The Bertz CT molecular complexity index is 857. The molecule has 1 heterocycles. The number of primary amides is 1. The Hall–Kier alpha value is -2.34. The molecule has 0 saturated heterocycles. The minimum atomic E-state index is -0.776. The van der Waals surface area contributed by atoms with Crippen LogP contribution in [0, 0.1) is 5.92 Å². The van der Waals surface area contributed by atoms with Gasteiger partial charge in [-0.1, -0.05) is 43.0 Å². The van der Waals surface area contributed by atoms with E-state index in [9.17, 15) is 9.59 Å². The minimum absolute atomic E-state index is 0.0489. The second-order valence-electron chi connectivity index (χ2n) is 6.50. The molecule has 0 unspecified atom stereocenters. The summed E-state index contributed by atoms with van der Waals surface area (Å²) in [6.07, 6.45) is 5.69. The summed E-state index contributed by atoms with van der Waals surface area (Å²) in [6.45, 7) is 0.496. The van der Waals surface area contributed by atoms with E-state index >= 15 is 0 Å². The molecule has 7 heteroatoms. The maximum atomic E-state index is 12.6. The Kier molecular flexibility index (Phi) is 5.08. The molecular weight excluding hydrogens is 340 g/mol. The average molecular weight is 361 g/mol. The van der Waals surface area contributed by atoms with E-state index in [1.807, 2.05) is 0 Å². The van der Waals surface area contributed by atoms with Crippen LogP contribution in [0.2, 0.25) is 5.02 Å². The number of nitrogens with zero attached hydrogens (tertiary/aromatic N) is 2. The molecule has 0 aliphatic heterocycles. The fraction of sp³-hybridized carbons (Fsp3) is 0.389. The summed E-state index contributed by atoms with van der Waals surface area (Å²) in [5, 5.41) is 4.92. The van der Waals surface area contributed by atoms with E-state index in [2.05, 4.69) is 5.10 Å². The number of anilines is 1. The molecule has 132 valence electrons. The van der Waals surface area contributed by atoms with E-state index in [0.29, 0.717) is 28.7 Å². The van der Waals surface area contributed by atoms with Crippen molar-refractivity contribution in [2.75, 3.05) is 5.73 Å². The minimum Gasteiger partial charge on any atom is -0.393 e. The van der Waals surface area contributed by atoms with Crippen LogP contribution in [0.4, 0.5) is 5.69 Å². The molecular formula is C18H21ClN4O2. The summed E-state index contributed by atoms with van der Waals surface area (Å²) < 4.78 is 1.37. The predicted octanol–water partition coefficient (Wildman–Crippen LogP) is 2.83. The summed E-state index contributed by atoms with van der Waals surface area (Å²) in [5.41, 5.74) is 11.6. The number of benzene rings is 1. The average Bonchev–Trinajstić information content (AvgIpc) is 2.59. The number of nitrogen functional groups attached to an aromatic ring is 1. The Labute approximate surface area is 150 Å². The highest BCUT2D eigenvalue weighted by molar-refractivity contribution is 6.30. The molecule has 1 amide bonds. The molecule has 1 saturated carbocycles. The summed E-state index contributed by atoms with van der Waals surface area (Å²) in [7, 11) is 0. The Morgan fingerprint density at radius 3 is 2.64 bits per heavy atom. The third-order valence-corrected chi connectivity index (χ3v) is 4.93. The van der Waals surface area contributed by atoms with Crippen molar-refractivity contribution in [1.29, 1.82) is 0 Å². The molecule has 0 atom stereocenters. The van der Waals surface area contributed by atoms with E-state index in [-0.39, 0.29) is 11.3 Å². The number of amides is 1. The standard InChI is InChI=1S/C18H21ClN4O2/c19-13-8-4-7-12(9-13)16-14(17(21)24)15(20)18(25)23(22-16)10-11-5-2-1-3-6-11/h4,7-9,11H,1-3,5-6,10,20H2,(H2,21,24). The first-order chi connectivity index (χ1) is 12.0. The van der Waals surface area contributed by atoms with Crippen LogP contribution in [-0.2, 0) is 6.54 Å². The highest BCUT2D eigenvalue weighted by Crippen LogP contribution is 2.28. The van der Waals surface area contributed by atoms with Gasteiger partial charge in [-0.15, -0.1) is 0 Å². The van der Waals surface area contributed by atoms with Gasteiger partial charge in [-0.25, -0.2) is 4.68 Å². The molecule has 3 rings (SSSR count). The van der Waals surface area contributed by atoms with Gasteiger partial charge in [-0.3, -0.25) is 9.59 Å². The zero-order valence-electron chi connectivity index (χ0n) is 13.9. The van der Waals surface area contributed by atoms with Gasteiger partial charge in [0.1, 0.15) is 11.4 Å². The number of halogens is 1. The van der Waals surface area contributed by atoms with Crippen LogP contribution in [0.25, 0.3) is 11.3 Å². The van der Waals surface area contributed by atoms with Crippen LogP contribution in [0.5, 0.6) is 0 Å². The molecule has 1 aliphatic rings. The lowest BCUT2D eigenvalue weighted by Crippen LogP contribution is -2.33. The lowest BCUT2D eigenvalue weighted by Gasteiger charge is -2.22. The van der Waals surface area contributed by atoms with Crippen molar-refractivity contribution in [2.45, 2.75) is 38.6 Å². The first-order valence-corrected chi connectivity index (χ1v) is 8.81. The Balaban J connectivity index is 2.11. The second-order valence-corrected chi connectivity index (χ2v) is 6.94. The van der Waals surface area contributed by atoms with Crippen molar-refractivity contribution in [3.63, 3.8) is 0 Å². The number of carbonyl (C=O) groups excluding carboxylic acids is 1. The van der Waals surface area contributed by atoms with Crippen LogP contribution in [0.15, 0.2) is 29.1 Å². The van der Waals surface area contributed by atoms with Crippen molar-refractivity contribution in [2.24, 2.45) is 11.7 Å². The third-order valence-electron chi connectivity index (χ3n) is 4.69. The van der Waals surface area contributed by atoms with E-state index < -0.39 is 11.5 Å². The smallest absolute Gasteiger partial charge is 0.290 e. The molecule has 0 radical (unpaired) electrons. The van der Waals surface area contributed by atoms with E-state index in [1.54, 1.807) is 24.3 Å². The SMILES string of the molecule is NC(=O)c1c(-c2cccc(Cl)c2)nn(CC2CCCCC2)c(=O)c1N. The van der Waals surface area contributed by atoms with E-state index in [1.165, 1.54) is 11.1 Å². The fourth-order valence-corrected chi connectivity index (χ4v) is 3.61. The topological polar surface area (TPSA) is 104 Å². The lowest BCUT2D eigenvalue weighted by molar-refractivity contribution is 0.100. The van der Waals surface area contributed by atoms with Crippen molar-refractivity contribution < 1.29 is 4.79 Å². The van der Waals surface area contributed by atoms with Gasteiger partial charge in [0.05, 0.1) is 5.56 Å². The van der Waals surface area contributed by atoms with Gasteiger partial charge in [-0.2, -0.15) is 5.10 Å². The maximum absolute atomic E-state index is 12.6. The summed E-state index contributed by atoms with van der Waals surface area (Å²) in [4.78, 5) is 24.4. The highest BCUT2D eigenvalue weighted by atomic mass is 35.5. The van der Waals surface area contributed by atoms with Crippen molar-refractivity contribution in [1.82, 2.24) is 9.78 Å². The number of rotatable bonds is 4. The van der Waals surface area contributed by atoms with Crippen LogP contribution >= 0.6 is 11.6 Å². The Morgan fingerprint density at radius 1 is 1.28 bits per heavy atom. The monoisotopic (exact) mass is 360 g/mol. The van der Waals surface area contributed by atoms with Crippen molar-refractivity contribution in [3.05, 3.63) is 45.2 Å². The second kappa shape index (κ2) is 7.27. The number of carbonyl (C=O) groups is 1. The normalized spacial score (nSPS) is 15.2. The molecule has 4 N–H and O–H groups in total. The Morgan fingerprint density at radius 2 is 2.00 bits per heavy atom. The van der Waals surface area contributed by atoms with Gasteiger partial charge in [0.2, 0.25) is 0 Å². The molecule has 0 bridgehead atoms. The third kappa shape index (κ3) is 3.69. The fourth-order valence-electron chi connectivity index (χ4n) is 3.41. The van der Waals surface area contributed by atoms with Crippen LogP contribution in [0.3, 0.4) is 0 Å². The highest BCUT2D eigenvalue weighted by Gasteiger charge is 2.23. The predicted molar refractivity (Wildman–Crippen MR) is 98.4 cm³/mol. The molecule has 6 nitrogen and oxygen atoms in total. The number of hydrogen-bond acceptors (Lipinski definition) is 4. The molecule has 25 heavy (non-hydrogen) atoms. The van der Waals surface area contributed by atoms with Gasteiger partial charge in [0.25, 0.3) is 11.5 Å². The quantitative estimate of drug-likeness (QED) is 0.874. The van der Waals surface area contributed by atoms with Gasteiger partial charge >= 0.3 is 0 Å². The lowest BCUT2D eigenvalue weighted by atomic mass is 9.89. The number of aromatic nitrogens is 2. The maximum Gasteiger partial charge on any atom is 0.290 e. The molecule has 2 aromatic rings. The largest absolute Gasteiger partial charge is 0.393 e. The zero-order valence-corrected chi connectivity index (χ0v) is 14.6. The first kappa shape index (κ1) is 17.5.